The first-order valence-corrected chi connectivity index (χ1v) is 8.53. The lowest BCUT2D eigenvalue weighted by atomic mass is 10.2. The number of anilines is 1. The predicted octanol–water partition coefficient (Wildman–Crippen LogP) is 1.79. The van der Waals surface area contributed by atoms with E-state index in [1.165, 1.54) is 11.3 Å². The van der Waals surface area contributed by atoms with Crippen LogP contribution in [0.25, 0.3) is 0 Å². The van der Waals surface area contributed by atoms with Crippen molar-refractivity contribution in [3.8, 4) is 0 Å². The molecule has 0 aliphatic heterocycles. The van der Waals surface area contributed by atoms with Gasteiger partial charge in [-0.15, -0.1) is 10.2 Å². The Bertz CT molecular complexity index is 718. The van der Waals surface area contributed by atoms with Crippen LogP contribution in [0.15, 0.2) is 29.3 Å². The highest BCUT2D eigenvalue weighted by Crippen LogP contribution is 2.14. The summed E-state index contributed by atoms with van der Waals surface area (Å²) in [7, 11) is 8.11. The van der Waals surface area contributed by atoms with Gasteiger partial charge in [0.1, 0.15) is 12.4 Å². The van der Waals surface area contributed by atoms with Crippen LogP contribution < -0.4 is 10.2 Å². The molecule has 2 aromatic rings. The Kier molecular flexibility index (Phi) is 6.38. The van der Waals surface area contributed by atoms with E-state index >= 15 is 0 Å². The lowest BCUT2D eigenvalue weighted by Crippen LogP contribution is -2.38. The van der Waals surface area contributed by atoms with Gasteiger partial charge in [-0.25, -0.2) is 4.99 Å². The van der Waals surface area contributed by atoms with Crippen LogP contribution in [0.4, 0.5) is 5.69 Å². The minimum absolute atomic E-state index is 0.502. The second kappa shape index (κ2) is 8.50. The fraction of sp³-hybridized carbons (Fsp3) is 0.500. The maximum Gasteiger partial charge on any atom is 0.194 e. The van der Waals surface area contributed by atoms with Crippen molar-refractivity contribution in [1.82, 2.24) is 25.0 Å². The zero-order valence-corrected chi connectivity index (χ0v) is 16.1. The lowest BCUT2D eigenvalue weighted by Gasteiger charge is -2.23. The van der Waals surface area contributed by atoms with E-state index in [0.717, 1.165) is 30.7 Å². The van der Waals surface area contributed by atoms with Crippen LogP contribution in [0.2, 0.25) is 0 Å². The SMILES string of the molecule is CCNC(=NCc1nnc(C)n1C)N(C)Cc1cccc(N(C)C)c1. The summed E-state index contributed by atoms with van der Waals surface area (Å²) in [6.45, 7) is 6.11. The van der Waals surface area contributed by atoms with Gasteiger partial charge in [-0.2, -0.15) is 0 Å². The highest BCUT2D eigenvalue weighted by atomic mass is 15.3. The quantitative estimate of drug-likeness (QED) is 0.640. The van der Waals surface area contributed by atoms with Crippen molar-refractivity contribution < 1.29 is 0 Å². The van der Waals surface area contributed by atoms with Gasteiger partial charge in [0, 0.05) is 47.0 Å². The molecule has 0 amide bonds. The Hall–Kier alpha value is -2.57. The van der Waals surface area contributed by atoms with Gasteiger partial charge in [0.05, 0.1) is 0 Å². The van der Waals surface area contributed by atoms with E-state index in [9.17, 15) is 0 Å². The predicted molar refractivity (Wildman–Crippen MR) is 103 cm³/mol. The second-order valence-electron chi connectivity index (χ2n) is 6.31. The summed E-state index contributed by atoms with van der Waals surface area (Å²) in [5.74, 6) is 2.61. The van der Waals surface area contributed by atoms with Crippen molar-refractivity contribution in [3.05, 3.63) is 41.5 Å². The van der Waals surface area contributed by atoms with Crippen LogP contribution in [0.1, 0.15) is 24.1 Å². The summed E-state index contributed by atoms with van der Waals surface area (Å²) in [5, 5.41) is 11.6. The fourth-order valence-electron chi connectivity index (χ4n) is 2.49. The first kappa shape index (κ1) is 18.8. The number of rotatable bonds is 6. The Balaban J connectivity index is 2.11. The van der Waals surface area contributed by atoms with Gasteiger partial charge < -0.3 is 19.7 Å². The molecule has 0 bridgehead atoms. The van der Waals surface area contributed by atoms with E-state index < -0.39 is 0 Å². The number of aliphatic imine (C=N–C) groups is 1. The number of hydrogen-bond donors (Lipinski definition) is 1. The Labute approximate surface area is 150 Å². The largest absolute Gasteiger partial charge is 0.378 e. The summed E-state index contributed by atoms with van der Waals surface area (Å²) in [5.41, 5.74) is 2.44. The number of nitrogens with zero attached hydrogens (tertiary/aromatic N) is 6. The minimum atomic E-state index is 0.502. The number of hydrogen-bond acceptors (Lipinski definition) is 4. The molecule has 0 fully saturated rings. The van der Waals surface area contributed by atoms with Gasteiger partial charge in [0.15, 0.2) is 11.8 Å². The molecule has 0 spiro atoms. The van der Waals surface area contributed by atoms with Gasteiger partial charge in [0.25, 0.3) is 0 Å². The topological polar surface area (TPSA) is 61.6 Å². The molecule has 1 heterocycles. The molecule has 0 aliphatic carbocycles. The number of aryl methyl sites for hydroxylation is 1. The minimum Gasteiger partial charge on any atom is -0.378 e. The van der Waals surface area contributed by atoms with Crippen molar-refractivity contribution in [2.75, 3.05) is 32.6 Å². The van der Waals surface area contributed by atoms with E-state index in [1.54, 1.807) is 0 Å². The van der Waals surface area contributed by atoms with Gasteiger partial charge in [0.2, 0.25) is 0 Å². The smallest absolute Gasteiger partial charge is 0.194 e. The van der Waals surface area contributed by atoms with Crippen LogP contribution in [0.3, 0.4) is 0 Å². The van der Waals surface area contributed by atoms with E-state index in [4.69, 9.17) is 4.99 Å². The Morgan fingerprint density at radius 2 is 2.00 bits per heavy atom. The molecular formula is C18H29N7. The zero-order valence-electron chi connectivity index (χ0n) is 16.1. The molecular weight excluding hydrogens is 314 g/mol. The maximum atomic E-state index is 4.71. The van der Waals surface area contributed by atoms with Gasteiger partial charge in [-0.05, 0) is 31.5 Å². The Morgan fingerprint density at radius 3 is 2.60 bits per heavy atom. The van der Waals surface area contributed by atoms with Gasteiger partial charge >= 0.3 is 0 Å². The third kappa shape index (κ3) is 4.95. The van der Waals surface area contributed by atoms with Crippen molar-refractivity contribution in [1.29, 1.82) is 0 Å². The number of aromatic nitrogens is 3. The van der Waals surface area contributed by atoms with Gasteiger partial charge in [-0.1, -0.05) is 12.1 Å². The zero-order chi connectivity index (χ0) is 18.4. The van der Waals surface area contributed by atoms with Crippen LogP contribution in [-0.2, 0) is 20.1 Å². The van der Waals surface area contributed by atoms with E-state index in [0.29, 0.717) is 6.54 Å². The average Bonchev–Trinajstić information content (AvgIpc) is 2.90. The third-order valence-corrected chi connectivity index (χ3v) is 4.10. The van der Waals surface area contributed by atoms with Crippen molar-refractivity contribution in [2.24, 2.45) is 12.0 Å². The van der Waals surface area contributed by atoms with Crippen molar-refractivity contribution in [3.63, 3.8) is 0 Å². The molecule has 0 aliphatic rings. The van der Waals surface area contributed by atoms with Crippen LogP contribution >= 0.6 is 0 Å². The molecule has 1 N–H and O–H groups in total. The fourth-order valence-corrected chi connectivity index (χ4v) is 2.49. The number of guanidine groups is 1. The second-order valence-corrected chi connectivity index (χ2v) is 6.31. The molecule has 0 unspecified atom stereocenters. The molecule has 1 aromatic carbocycles. The molecule has 0 atom stereocenters. The van der Waals surface area contributed by atoms with Crippen LogP contribution in [0.5, 0.6) is 0 Å². The molecule has 0 saturated heterocycles. The standard InChI is InChI=1S/C18H29N7/c1-7-19-18(20-12-17-22-21-14(2)25(17)6)24(5)13-15-9-8-10-16(11-15)23(3)4/h8-11H,7,12-13H2,1-6H3,(H,19,20). The summed E-state index contributed by atoms with van der Waals surface area (Å²) in [6.07, 6.45) is 0. The molecule has 7 heteroatoms. The van der Waals surface area contributed by atoms with E-state index in [-0.39, 0.29) is 0 Å². The first-order chi connectivity index (χ1) is 11.9. The van der Waals surface area contributed by atoms with E-state index in [1.807, 2.05) is 25.6 Å². The highest BCUT2D eigenvalue weighted by Gasteiger charge is 2.09. The summed E-state index contributed by atoms with van der Waals surface area (Å²) in [4.78, 5) is 8.95. The Morgan fingerprint density at radius 1 is 1.24 bits per heavy atom. The van der Waals surface area contributed by atoms with Crippen LogP contribution in [-0.4, -0.2) is 53.3 Å². The average molecular weight is 343 g/mol. The number of benzene rings is 1. The summed E-state index contributed by atoms with van der Waals surface area (Å²) in [6, 6.07) is 8.54. The molecule has 7 nitrogen and oxygen atoms in total. The molecule has 0 radical (unpaired) electrons. The van der Waals surface area contributed by atoms with Crippen LogP contribution in [0, 0.1) is 6.92 Å². The molecule has 2 rings (SSSR count). The normalized spacial score (nSPS) is 11.5. The first-order valence-electron chi connectivity index (χ1n) is 8.53. The van der Waals surface area contributed by atoms with E-state index in [2.05, 4.69) is 70.6 Å². The summed E-state index contributed by atoms with van der Waals surface area (Å²) < 4.78 is 1.97. The molecule has 0 saturated carbocycles. The molecule has 1 aromatic heterocycles. The monoisotopic (exact) mass is 343 g/mol. The van der Waals surface area contributed by atoms with Gasteiger partial charge in [-0.3, -0.25) is 0 Å². The molecule has 136 valence electrons. The maximum absolute atomic E-state index is 4.71. The van der Waals surface area contributed by atoms with Crippen molar-refractivity contribution >= 4 is 11.6 Å². The summed E-state index contributed by atoms with van der Waals surface area (Å²) >= 11 is 0. The third-order valence-electron chi connectivity index (χ3n) is 4.10. The number of nitrogens with one attached hydrogen (secondary N) is 1. The highest BCUT2D eigenvalue weighted by molar-refractivity contribution is 5.79. The van der Waals surface area contributed by atoms with Crippen molar-refractivity contribution in [2.45, 2.75) is 26.9 Å². The lowest BCUT2D eigenvalue weighted by molar-refractivity contribution is 0.476. The molecule has 25 heavy (non-hydrogen) atoms.